The Labute approximate surface area is 167 Å². The molecule has 2 aromatic rings. The normalized spacial score (nSPS) is 15.2. The molecule has 8 heteroatoms. The average Bonchev–Trinajstić information content (AvgIpc) is 2.72. The number of benzene rings is 2. The van der Waals surface area contributed by atoms with Gasteiger partial charge in [0.1, 0.15) is 5.75 Å². The number of hydrogen-bond donors (Lipinski definition) is 2. The predicted octanol–water partition coefficient (Wildman–Crippen LogP) is 2.83. The first-order valence-corrected chi connectivity index (χ1v) is 9.55. The Morgan fingerprint density at radius 1 is 1.07 bits per heavy atom. The van der Waals surface area contributed by atoms with E-state index in [0.717, 1.165) is 16.1 Å². The van der Waals surface area contributed by atoms with Gasteiger partial charge in [-0.25, -0.2) is 0 Å². The van der Waals surface area contributed by atoms with Crippen LogP contribution in [0.3, 0.4) is 0 Å². The van der Waals surface area contributed by atoms with Crippen molar-refractivity contribution in [2.24, 2.45) is 0 Å². The summed E-state index contributed by atoms with van der Waals surface area (Å²) >= 11 is 1.40. The third-order valence-electron chi connectivity index (χ3n) is 4.34. The number of rotatable bonds is 7. The summed E-state index contributed by atoms with van der Waals surface area (Å²) in [5.41, 5.74) is 1.53. The minimum atomic E-state index is -0.470. The van der Waals surface area contributed by atoms with Crippen LogP contribution in [-0.4, -0.2) is 38.4 Å². The van der Waals surface area contributed by atoms with Crippen LogP contribution in [0.25, 0.3) is 0 Å². The zero-order valence-corrected chi connectivity index (χ0v) is 16.7. The molecule has 0 saturated carbocycles. The SMILES string of the molecule is COc1cc(OC)c(OC)cc1CNC(=O)C[C@H]1Sc2ccccc2NC1=O. The molecule has 1 atom stereocenters. The molecule has 2 aromatic carbocycles. The van der Waals surface area contributed by atoms with Gasteiger partial charge in [0.2, 0.25) is 11.8 Å². The molecule has 0 spiro atoms. The van der Waals surface area contributed by atoms with Gasteiger partial charge in [-0.3, -0.25) is 9.59 Å². The summed E-state index contributed by atoms with van der Waals surface area (Å²) in [6, 6.07) is 11.0. The number of methoxy groups -OCH3 is 3. The van der Waals surface area contributed by atoms with E-state index in [2.05, 4.69) is 10.6 Å². The monoisotopic (exact) mass is 402 g/mol. The van der Waals surface area contributed by atoms with Crippen molar-refractivity contribution in [1.29, 1.82) is 0 Å². The summed E-state index contributed by atoms with van der Waals surface area (Å²) in [6.45, 7) is 0.248. The molecular weight excluding hydrogens is 380 g/mol. The molecule has 3 rings (SSSR count). The minimum absolute atomic E-state index is 0.0838. The van der Waals surface area contributed by atoms with Crippen LogP contribution < -0.4 is 24.8 Å². The highest BCUT2D eigenvalue weighted by molar-refractivity contribution is 8.01. The number of anilines is 1. The number of carbonyl (C=O) groups is 2. The lowest BCUT2D eigenvalue weighted by molar-refractivity contribution is -0.124. The highest BCUT2D eigenvalue weighted by Crippen LogP contribution is 2.37. The first-order valence-electron chi connectivity index (χ1n) is 8.67. The number of hydrogen-bond acceptors (Lipinski definition) is 6. The van der Waals surface area contributed by atoms with Crippen molar-refractivity contribution in [2.45, 2.75) is 23.1 Å². The van der Waals surface area contributed by atoms with Crippen molar-refractivity contribution in [1.82, 2.24) is 5.32 Å². The minimum Gasteiger partial charge on any atom is -0.496 e. The van der Waals surface area contributed by atoms with E-state index in [0.29, 0.717) is 17.2 Å². The maximum Gasteiger partial charge on any atom is 0.238 e. The number of fused-ring (bicyclic) bond motifs is 1. The molecule has 2 amide bonds. The van der Waals surface area contributed by atoms with Crippen LogP contribution in [0.15, 0.2) is 41.3 Å². The lowest BCUT2D eigenvalue weighted by atomic mass is 10.1. The molecule has 0 unspecified atom stereocenters. The largest absolute Gasteiger partial charge is 0.496 e. The molecule has 1 heterocycles. The number of para-hydroxylation sites is 1. The van der Waals surface area contributed by atoms with Crippen LogP contribution in [0, 0.1) is 0 Å². The fourth-order valence-corrected chi connectivity index (χ4v) is 4.00. The standard InChI is InChI=1S/C20H22N2O5S/c1-25-14-9-16(27-3)15(26-2)8-12(14)11-21-19(23)10-18-20(24)22-13-6-4-5-7-17(13)28-18/h4-9,18H,10-11H2,1-3H3,(H,21,23)(H,22,24)/t18-/m1/s1. The first kappa shape index (κ1) is 19.9. The van der Waals surface area contributed by atoms with Crippen molar-refractivity contribution < 1.29 is 23.8 Å². The van der Waals surface area contributed by atoms with E-state index >= 15 is 0 Å². The number of nitrogens with one attached hydrogen (secondary N) is 2. The molecule has 0 radical (unpaired) electrons. The highest BCUT2D eigenvalue weighted by atomic mass is 32.2. The predicted molar refractivity (Wildman–Crippen MR) is 107 cm³/mol. The fourth-order valence-electron chi connectivity index (χ4n) is 2.89. The zero-order chi connectivity index (χ0) is 20.1. The smallest absolute Gasteiger partial charge is 0.238 e. The molecule has 0 aromatic heterocycles. The van der Waals surface area contributed by atoms with Crippen LogP contribution >= 0.6 is 11.8 Å². The van der Waals surface area contributed by atoms with Gasteiger partial charge in [-0.05, 0) is 18.2 Å². The maximum atomic E-state index is 12.4. The topological polar surface area (TPSA) is 85.9 Å². The van der Waals surface area contributed by atoms with E-state index in [-0.39, 0.29) is 24.8 Å². The molecule has 28 heavy (non-hydrogen) atoms. The van der Waals surface area contributed by atoms with E-state index < -0.39 is 5.25 Å². The zero-order valence-electron chi connectivity index (χ0n) is 15.9. The van der Waals surface area contributed by atoms with Crippen molar-refractivity contribution in [2.75, 3.05) is 26.6 Å². The molecule has 0 saturated heterocycles. The van der Waals surface area contributed by atoms with Crippen LogP contribution in [0.2, 0.25) is 0 Å². The second kappa shape index (κ2) is 8.88. The number of carbonyl (C=O) groups excluding carboxylic acids is 2. The fraction of sp³-hybridized carbons (Fsp3) is 0.300. The molecule has 2 N–H and O–H groups in total. The Bertz CT molecular complexity index is 887. The molecule has 148 valence electrons. The van der Waals surface area contributed by atoms with Gasteiger partial charge in [0.05, 0.1) is 32.3 Å². The number of ether oxygens (including phenoxy) is 3. The maximum absolute atomic E-state index is 12.4. The van der Waals surface area contributed by atoms with Gasteiger partial charge in [-0.1, -0.05) is 12.1 Å². The second-order valence-corrected chi connectivity index (χ2v) is 7.34. The van der Waals surface area contributed by atoms with Gasteiger partial charge in [0.15, 0.2) is 11.5 Å². The molecule has 1 aliphatic heterocycles. The Morgan fingerprint density at radius 2 is 1.75 bits per heavy atom. The summed E-state index contributed by atoms with van der Waals surface area (Å²) < 4.78 is 15.9. The summed E-state index contributed by atoms with van der Waals surface area (Å²) in [4.78, 5) is 25.6. The van der Waals surface area contributed by atoms with E-state index in [1.165, 1.54) is 11.8 Å². The van der Waals surface area contributed by atoms with Gasteiger partial charge < -0.3 is 24.8 Å². The van der Waals surface area contributed by atoms with Crippen LogP contribution in [0.5, 0.6) is 17.2 Å². The molecule has 7 nitrogen and oxygen atoms in total. The van der Waals surface area contributed by atoms with Crippen molar-refractivity contribution in [3.8, 4) is 17.2 Å². The molecule has 0 fully saturated rings. The quantitative estimate of drug-likeness (QED) is 0.741. The van der Waals surface area contributed by atoms with Gasteiger partial charge in [0.25, 0.3) is 0 Å². The molecule has 0 bridgehead atoms. The summed E-state index contributed by atoms with van der Waals surface area (Å²) in [5.74, 6) is 1.29. The Hall–Kier alpha value is -2.87. The Kier molecular flexibility index (Phi) is 6.30. The van der Waals surface area contributed by atoms with Gasteiger partial charge >= 0.3 is 0 Å². The van der Waals surface area contributed by atoms with Crippen molar-refractivity contribution in [3.63, 3.8) is 0 Å². The highest BCUT2D eigenvalue weighted by Gasteiger charge is 2.28. The molecule has 1 aliphatic rings. The second-order valence-electron chi connectivity index (χ2n) is 6.09. The lowest BCUT2D eigenvalue weighted by Crippen LogP contribution is -2.34. The summed E-state index contributed by atoms with van der Waals surface area (Å²) in [5, 5.41) is 5.22. The number of thioether (sulfide) groups is 1. The van der Waals surface area contributed by atoms with Crippen LogP contribution in [0.4, 0.5) is 5.69 Å². The van der Waals surface area contributed by atoms with Gasteiger partial charge in [-0.2, -0.15) is 0 Å². The van der Waals surface area contributed by atoms with Crippen molar-refractivity contribution >= 4 is 29.3 Å². The molecule has 0 aliphatic carbocycles. The summed E-state index contributed by atoms with van der Waals surface area (Å²) in [6.07, 6.45) is 0.0838. The Morgan fingerprint density at radius 3 is 2.46 bits per heavy atom. The first-order chi connectivity index (χ1) is 13.5. The van der Waals surface area contributed by atoms with Gasteiger partial charge in [-0.15, -0.1) is 11.8 Å². The van der Waals surface area contributed by atoms with E-state index in [9.17, 15) is 9.59 Å². The van der Waals surface area contributed by atoms with Gasteiger partial charge in [0, 0.05) is 29.5 Å². The lowest BCUT2D eigenvalue weighted by Gasteiger charge is -2.23. The van der Waals surface area contributed by atoms with Crippen LogP contribution in [0.1, 0.15) is 12.0 Å². The average molecular weight is 402 g/mol. The molecular formula is C20H22N2O5S. The van der Waals surface area contributed by atoms with E-state index in [4.69, 9.17) is 14.2 Å². The third kappa shape index (κ3) is 4.33. The summed E-state index contributed by atoms with van der Waals surface area (Å²) in [7, 11) is 4.64. The Balaban J connectivity index is 1.64. The van der Waals surface area contributed by atoms with E-state index in [1.54, 1.807) is 33.5 Å². The van der Waals surface area contributed by atoms with Crippen LogP contribution in [-0.2, 0) is 16.1 Å². The van der Waals surface area contributed by atoms with Crippen molar-refractivity contribution in [3.05, 3.63) is 42.0 Å². The third-order valence-corrected chi connectivity index (χ3v) is 5.62. The number of amides is 2. The van der Waals surface area contributed by atoms with E-state index in [1.807, 2.05) is 24.3 Å².